The highest BCUT2D eigenvalue weighted by atomic mass is 16.5. The summed E-state index contributed by atoms with van der Waals surface area (Å²) in [5.74, 6) is 1.29. The zero-order valence-corrected chi connectivity index (χ0v) is 19.3. The highest BCUT2D eigenvalue weighted by molar-refractivity contribution is 5.95. The Hall–Kier alpha value is -3.02. The van der Waals surface area contributed by atoms with Crippen LogP contribution in [0.1, 0.15) is 73.1 Å². The first-order valence-electron chi connectivity index (χ1n) is 11.7. The molecule has 0 saturated heterocycles. The maximum atomic E-state index is 12.3. The summed E-state index contributed by atoms with van der Waals surface area (Å²) in [5.41, 5.74) is 1.23. The zero-order valence-electron chi connectivity index (χ0n) is 19.3. The normalized spacial score (nSPS) is 10.4. The Morgan fingerprint density at radius 2 is 1.12 bits per heavy atom. The molecule has 0 aliphatic rings. The number of carbonyl (C=O) groups excluding carboxylic acids is 2. The van der Waals surface area contributed by atoms with E-state index in [2.05, 4.69) is 10.6 Å². The van der Waals surface area contributed by atoms with Crippen LogP contribution >= 0.6 is 0 Å². The van der Waals surface area contributed by atoms with Crippen molar-refractivity contribution in [2.75, 3.05) is 26.3 Å². The molecule has 2 rings (SSSR count). The van der Waals surface area contributed by atoms with Gasteiger partial charge in [0.2, 0.25) is 0 Å². The largest absolute Gasteiger partial charge is 0.494 e. The molecule has 2 aromatic rings. The summed E-state index contributed by atoms with van der Waals surface area (Å²) < 4.78 is 11.2. The standard InChI is InChI=1S/C26H36N2O4/c1-3-17-31-23-13-9-11-21(19-23)25(29)27-15-7-5-6-8-16-28-26(30)22-12-10-14-24(20-22)32-18-4-2/h9-14,19-20H,3-8,15-18H2,1-2H3,(H,27,29)(H,28,30). The molecule has 0 atom stereocenters. The second-order valence-electron chi connectivity index (χ2n) is 7.68. The monoisotopic (exact) mass is 440 g/mol. The van der Waals surface area contributed by atoms with Gasteiger partial charge in [-0.15, -0.1) is 0 Å². The van der Waals surface area contributed by atoms with Gasteiger partial charge in [-0.25, -0.2) is 0 Å². The minimum atomic E-state index is -0.0793. The minimum absolute atomic E-state index is 0.0793. The van der Waals surface area contributed by atoms with Crippen molar-refractivity contribution in [1.82, 2.24) is 10.6 Å². The Morgan fingerprint density at radius 3 is 1.53 bits per heavy atom. The van der Waals surface area contributed by atoms with Crippen molar-refractivity contribution in [3.63, 3.8) is 0 Å². The first-order valence-corrected chi connectivity index (χ1v) is 11.7. The highest BCUT2D eigenvalue weighted by Crippen LogP contribution is 2.14. The third-order valence-electron chi connectivity index (χ3n) is 4.81. The van der Waals surface area contributed by atoms with Crippen molar-refractivity contribution in [1.29, 1.82) is 0 Å². The molecule has 2 N–H and O–H groups in total. The smallest absolute Gasteiger partial charge is 0.251 e. The van der Waals surface area contributed by atoms with Gasteiger partial charge in [-0.3, -0.25) is 9.59 Å². The van der Waals surface area contributed by atoms with Gasteiger partial charge in [0.1, 0.15) is 11.5 Å². The lowest BCUT2D eigenvalue weighted by atomic mass is 10.1. The fraction of sp³-hybridized carbons (Fsp3) is 0.462. The summed E-state index contributed by atoms with van der Waals surface area (Å²) in [6, 6.07) is 14.5. The molecule has 0 fully saturated rings. The van der Waals surface area contributed by atoms with Gasteiger partial charge in [0.25, 0.3) is 11.8 Å². The maximum Gasteiger partial charge on any atom is 0.251 e. The summed E-state index contributed by atoms with van der Waals surface area (Å²) in [6.45, 7) is 6.66. The van der Waals surface area contributed by atoms with Gasteiger partial charge >= 0.3 is 0 Å². The number of benzene rings is 2. The Bertz CT molecular complexity index is 769. The lowest BCUT2D eigenvalue weighted by Crippen LogP contribution is -2.25. The fourth-order valence-electron chi connectivity index (χ4n) is 3.11. The second-order valence-corrected chi connectivity index (χ2v) is 7.68. The number of rotatable bonds is 15. The van der Waals surface area contributed by atoms with Gasteiger partial charge in [0, 0.05) is 24.2 Å². The second kappa shape index (κ2) is 14.9. The molecule has 0 aliphatic carbocycles. The van der Waals surface area contributed by atoms with Crippen LogP contribution in [0.4, 0.5) is 0 Å². The summed E-state index contributed by atoms with van der Waals surface area (Å²) in [6.07, 6.45) is 5.67. The number of ether oxygens (including phenoxy) is 2. The molecule has 0 radical (unpaired) electrons. The molecule has 32 heavy (non-hydrogen) atoms. The number of amides is 2. The SMILES string of the molecule is CCCOc1cccc(C(=O)NCCCCCCNC(=O)c2cccc(OCCC)c2)c1. The Kier molecular flexibility index (Phi) is 11.7. The summed E-state index contributed by atoms with van der Waals surface area (Å²) in [5, 5.41) is 5.91. The van der Waals surface area contributed by atoms with E-state index >= 15 is 0 Å². The summed E-state index contributed by atoms with van der Waals surface area (Å²) in [7, 11) is 0. The number of hydrogen-bond donors (Lipinski definition) is 2. The van der Waals surface area contributed by atoms with Crippen molar-refractivity contribution in [2.24, 2.45) is 0 Å². The van der Waals surface area contributed by atoms with Gasteiger partial charge < -0.3 is 20.1 Å². The van der Waals surface area contributed by atoms with E-state index in [1.165, 1.54) is 0 Å². The highest BCUT2D eigenvalue weighted by Gasteiger charge is 2.07. The van der Waals surface area contributed by atoms with Crippen LogP contribution in [0.15, 0.2) is 48.5 Å². The van der Waals surface area contributed by atoms with E-state index in [0.717, 1.165) is 50.0 Å². The quantitative estimate of drug-likeness (QED) is 0.383. The van der Waals surface area contributed by atoms with Gasteiger partial charge in [-0.2, -0.15) is 0 Å². The van der Waals surface area contributed by atoms with Crippen LogP contribution in [-0.4, -0.2) is 38.1 Å². The Balaban J connectivity index is 1.57. The number of hydrogen-bond acceptors (Lipinski definition) is 4. The predicted octanol–water partition coefficient (Wildman–Crippen LogP) is 4.98. The zero-order chi connectivity index (χ0) is 23.0. The van der Waals surface area contributed by atoms with Gasteiger partial charge in [0.15, 0.2) is 0 Å². The van der Waals surface area contributed by atoms with E-state index < -0.39 is 0 Å². The van der Waals surface area contributed by atoms with E-state index in [0.29, 0.717) is 37.4 Å². The molecule has 0 heterocycles. The Labute approximate surface area is 191 Å². The van der Waals surface area contributed by atoms with Crippen LogP contribution in [0.3, 0.4) is 0 Å². The molecule has 2 amide bonds. The van der Waals surface area contributed by atoms with Gasteiger partial charge in [-0.1, -0.05) is 38.8 Å². The third kappa shape index (κ3) is 9.41. The number of nitrogens with one attached hydrogen (secondary N) is 2. The number of carbonyl (C=O) groups is 2. The van der Waals surface area contributed by atoms with Gasteiger partial charge in [0.05, 0.1) is 13.2 Å². The molecule has 0 spiro atoms. The van der Waals surface area contributed by atoms with E-state index in [9.17, 15) is 9.59 Å². The molecule has 174 valence electrons. The molecule has 0 saturated carbocycles. The van der Waals surface area contributed by atoms with Crippen LogP contribution in [0, 0.1) is 0 Å². The van der Waals surface area contributed by atoms with Crippen molar-refractivity contribution >= 4 is 11.8 Å². The predicted molar refractivity (Wildman–Crippen MR) is 128 cm³/mol. The number of unbranched alkanes of at least 4 members (excludes halogenated alkanes) is 3. The first-order chi connectivity index (χ1) is 15.6. The van der Waals surface area contributed by atoms with Crippen molar-refractivity contribution in [2.45, 2.75) is 52.4 Å². The lowest BCUT2D eigenvalue weighted by molar-refractivity contribution is 0.0943. The van der Waals surface area contributed by atoms with Crippen molar-refractivity contribution < 1.29 is 19.1 Å². The average Bonchev–Trinajstić information content (AvgIpc) is 2.83. The maximum absolute atomic E-state index is 12.3. The van der Waals surface area contributed by atoms with E-state index in [1.807, 2.05) is 38.1 Å². The minimum Gasteiger partial charge on any atom is -0.494 e. The summed E-state index contributed by atoms with van der Waals surface area (Å²) in [4.78, 5) is 24.5. The van der Waals surface area contributed by atoms with Crippen LogP contribution in [-0.2, 0) is 0 Å². The molecule has 6 heteroatoms. The molecule has 6 nitrogen and oxygen atoms in total. The topological polar surface area (TPSA) is 76.7 Å². The van der Waals surface area contributed by atoms with E-state index in [-0.39, 0.29) is 11.8 Å². The molecular weight excluding hydrogens is 404 g/mol. The first kappa shape index (κ1) is 25.2. The van der Waals surface area contributed by atoms with E-state index in [4.69, 9.17) is 9.47 Å². The third-order valence-corrected chi connectivity index (χ3v) is 4.81. The molecule has 0 aliphatic heterocycles. The van der Waals surface area contributed by atoms with Crippen molar-refractivity contribution in [3.8, 4) is 11.5 Å². The molecule has 2 aromatic carbocycles. The van der Waals surface area contributed by atoms with Crippen LogP contribution in [0.5, 0.6) is 11.5 Å². The molecule has 0 unspecified atom stereocenters. The average molecular weight is 441 g/mol. The molecule has 0 bridgehead atoms. The van der Waals surface area contributed by atoms with Gasteiger partial charge in [-0.05, 0) is 62.1 Å². The van der Waals surface area contributed by atoms with Crippen LogP contribution < -0.4 is 20.1 Å². The fourth-order valence-corrected chi connectivity index (χ4v) is 3.11. The molecular formula is C26H36N2O4. The van der Waals surface area contributed by atoms with Crippen LogP contribution in [0.2, 0.25) is 0 Å². The van der Waals surface area contributed by atoms with E-state index in [1.54, 1.807) is 24.3 Å². The molecule has 0 aromatic heterocycles. The van der Waals surface area contributed by atoms with Crippen molar-refractivity contribution in [3.05, 3.63) is 59.7 Å². The Morgan fingerprint density at radius 1 is 0.688 bits per heavy atom. The summed E-state index contributed by atoms with van der Waals surface area (Å²) >= 11 is 0. The van der Waals surface area contributed by atoms with Crippen LogP contribution in [0.25, 0.3) is 0 Å². The lowest BCUT2D eigenvalue weighted by Gasteiger charge is -2.09.